The fraction of sp³-hybridized carbons (Fsp3) is 0.0833. The van der Waals surface area contributed by atoms with Crippen molar-refractivity contribution in [1.29, 1.82) is 5.26 Å². The van der Waals surface area contributed by atoms with Gasteiger partial charge in [0.25, 0.3) is 0 Å². The van der Waals surface area contributed by atoms with Crippen molar-refractivity contribution in [3.8, 4) is 40.2 Å². The van der Waals surface area contributed by atoms with Crippen molar-refractivity contribution in [2.45, 2.75) is 6.54 Å². The number of aryl methyl sites for hydroxylation is 1. The van der Waals surface area contributed by atoms with Crippen LogP contribution in [0.25, 0.3) is 28.2 Å². The molecular weight excluding hydrogens is 402 g/mol. The molecule has 2 N–H and O–H groups in total. The van der Waals surface area contributed by atoms with Gasteiger partial charge in [0.2, 0.25) is 5.88 Å². The third-order valence-electron chi connectivity index (χ3n) is 5.16. The van der Waals surface area contributed by atoms with Gasteiger partial charge in [-0.1, -0.05) is 6.07 Å². The first kappa shape index (κ1) is 19.5. The molecule has 5 rings (SSSR count). The van der Waals surface area contributed by atoms with E-state index < -0.39 is 0 Å². The molecule has 0 saturated carbocycles. The van der Waals surface area contributed by atoms with E-state index in [1.54, 1.807) is 36.3 Å². The summed E-state index contributed by atoms with van der Waals surface area (Å²) < 4.78 is 9.87. The molecule has 0 amide bonds. The number of nitriles is 1. The van der Waals surface area contributed by atoms with Gasteiger partial charge in [-0.05, 0) is 42.0 Å². The number of imidazole rings is 1. The number of fused-ring (bicyclic) bond motifs is 1. The molecule has 0 bridgehead atoms. The molecule has 0 saturated heterocycles. The smallest absolute Gasteiger partial charge is 0.218 e. The van der Waals surface area contributed by atoms with E-state index in [0.29, 0.717) is 29.4 Å². The minimum absolute atomic E-state index is 0.392. The molecule has 0 radical (unpaired) electrons. The Morgan fingerprint density at radius 2 is 1.94 bits per heavy atom. The molecule has 0 aliphatic rings. The lowest BCUT2D eigenvalue weighted by molar-refractivity contribution is 0.432. The van der Waals surface area contributed by atoms with E-state index >= 15 is 0 Å². The zero-order chi connectivity index (χ0) is 22.1. The average molecular weight is 421 g/mol. The summed E-state index contributed by atoms with van der Waals surface area (Å²) in [4.78, 5) is 8.85. The molecule has 8 nitrogen and oxygen atoms in total. The Labute approximate surface area is 184 Å². The van der Waals surface area contributed by atoms with E-state index in [9.17, 15) is 5.26 Å². The zero-order valence-electron chi connectivity index (χ0n) is 17.3. The van der Waals surface area contributed by atoms with Gasteiger partial charge in [0.15, 0.2) is 0 Å². The molecule has 0 aliphatic carbocycles. The molecule has 32 heavy (non-hydrogen) atoms. The highest BCUT2D eigenvalue weighted by atomic mass is 16.5. The Morgan fingerprint density at radius 3 is 2.72 bits per heavy atom. The Morgan fingerprint density at radius 1 is 1.03 bits per heavy atom. The Balaban J connectivity index is 1.63. The number of ether oxygens (including phenoxy) is 1. The normalized spacial score (nSPS) is 10.9. The van der Waals surface area contributed by atoms with Crippen molar-refractivity contribution < 1.29 is 4.74 Å². The topological polar surface area (TPSA) is 107 Å². The van der Waals surface area contributed by atoms with Gasteiger partial charge in [0, 0.05) is 55.6 Å². The highest BCUT2D eigenvalue weighted by Crippen LogP contribution is 2.37. The number of hydrogen-bond donors (Lipinski definition) is 1. The lowest BCUT2D eigenvalue weighted by Gasteiger charge is -2.13. The molecule has 0 fully saturated rings. The maximum atomic E-state index is 9.45. The highest BCUT2D eigenvalue weighted by molar-refractivity contribution is 5.82. The van der Waals surface area contributed by atoms with Crippen LogP contribution in [0.3, 0.4) is 0 Å². The van der Waals surface area contributed by atoms with Gasteiger partial charge in [-0.15, -0.1) is 0 Å². The Kier molecular flexibility index (Phi) is 4.86. The lowest BCUT2D eigenvalue weighted by Crippen LogP contribution is -2.01. The van der Waals surface area contributed by atoms with Crippen LogP contribution in [0.2, 0.25) is 0 Å². The third-order valence-corrected chi connectivity index (χ3v) is 5.16. The minimum Gasteiger partial charge on any atom is -0.439 e. The summed E-state index contributed by atoms with van der Waals surface area (Å²) in [6, 6.07) is 17.0. The van der Waals surface area contributed by atoms with Gasteiger partial charge < -0.3 is 14.9 Å². The van der Waals surface area contributed by atoms with Crippen LogP contribution in [-0.4, -0.2) is 24.1 Å². The fourth-order valence-corrected chi connectivity index (χ4v) is 3.60. The zero-order valence-corrected chi connectivity index (χ0v) is 17.3. The molecule has 156 valence electrons. The molecule has 4 aromatic heterocycles. The number of nitrogens with zero attached hydrogens (tertiary/aromatic N) is 6. The van der Waals surface area contributed by atoms with Crippen LogP contribution in [0.5, 0.6) is 11.6 Å². The average Bonchev–Trinajstić information content (AvgIpc) is 3.45. The summed E-state index contributed by atoms with van der Waals surface area (Å²) in [6.45, 7) is 0.392. The van der Waals surface area contributed by atoms with E-state index in [-0.39, 0.29) is 0 Å². The van der Waals surface area contributed by atoms with Crippen LogP contribution in [0.15, 0.2) is 73.3 Å². The maximum absolute atomic E-state index is 9.45. The number of aromatic nitrogens is 5. The molecule has 0 aliphatic heterocycles. The first-order chi connectivity index (χ1) is 15.7. The van der Waals surface area contributed by atoms with Crippen molar-refractivity contribution in [2.75, 3.05) is 0 Å². The number of nitrogens with two attached hydrogens (primary N) is 1. The molecule has 0 unspecified atom stereocenters. The second-order valence-corrected chi connectivity index (χ2v) is 7.26. The second kappa shape index (κ2) is 7.98. The first-order valence-corrected chi connectivity index (χ1v) is 10.00. The van der Waals surface area contributed by atoms with Gasteiger partial charge in [-0.3, -0.25) is 4.98 Å². The molecular formula is C24H19N7O. The second-order valence-electron chi connectivity index (χ2n) is 7.26. The molecule has 8 heteroatoms. The summed E-state index contributed by atoms with van der Waals surface area (Å²) in [5, 5.41) is 14.0. The molecule has 1 aromatic carbocycles. The van der Waals surface area contributed by atoms with Crippen LogP contribution in [0, 0.1) is 11.3 Å². The SMILES string of the molecule is Cn1nc(-c2ccccn2)cc1Oc1cc(C#N)ccc1-c1cc(CN)cn2ccnc12. The molecule has 5 aromatic rings. The number of benzene rings is 1. The van der Waals surface area contributed by atoms with Crippen LogP contribution in [0.4, 0.5) is 0 Å². The summed E-state index contributed by atoms with van der Waals surface area (Å²) in [7, 11) is 1.80. The van der Waals surface area contributed by atoms with Gasteiger partial charge in [0.1, 0.15) is 17.1 Å². The van der Waals surface area contributed by atoms with Crippen LogP contribution < -0.4 is 10.5 Å². The standard InChI is InChI=1S/C24H19N7O/c1-30-23(12-21(29-30)20-4-2-3-7-27-20)32-22-11-16(13-25)5-6-18(22)19-10-17(14-26)15-31-9-8-28-24(19)31/h2-12,15H,14,26H2,1H3. The molecule has 4 heterocycles. The summed E-state index contributed by atoms with van der Waals surface area (Å²) in [6.07, 6.45) is 7.29. The molecule has 0 spiro atoms. The van der Waals surface area contributed by atoms with Crippen LogP contribution in [0.1, 0.15) is 11.1 Å². The van der Waals surface area contributed by atoms with Crippen molar-refractivity contribution in [3.63, 3.8) is 0 Å². The van der Waals surface area contributed by atoms with Crippen LogP contribution in [-0.2, 0) is 13.6 Å². The summed E-state index contributed by atoms with van der Waals surface area (Å²) in [5.74, 6) is 1.05. The largest absolute Gasteiger partial charge is 0.439 e. The predicted octanol–water partition coefficient (Wildman–Crippen LogP) is 3.92. The predicted molar refractivity (Wildman–Crippen MR) is 120 cm³/mol. The number of rotatable bonds is 5. The van der Waals surface area contributed by atoms with E-state index in [4.69, 9.17) is 10.5 Å². The van der Waals surface area contributed by atoms with Gasteiger partial charge in [0.05, 0.1) is 17.3 Å². The minimum atomic E-state index is 0.392. The summed E-state index contributed by atoms with van der Waals surface area (Å²) in [5.41, 5.74) is 11.3. The van der Waals surface area contributed by atoms with Gasteiger partial charge in [-0.25, -0.2) is 9.67 Å². The van der Waals surface area contributed by atoms with E-state index in [2.05, 4.69) is 21.1 Å². The maximum Gasteiger partial charge on any atom is 0.218 e. The quantitative estimate of drug-likeness (QED) is 0.461. The summed E-state index contributed by atoms with van der Waals surface area (Å²) >= 11 is 0. The van der Waals surface area contributed by atoms with E-state index in [1.165, 1.54) is 0 Å². The first-order valence-electron chi connectivity index (χ1n) is 10.00. The van der Waals surface area contributed by atoms with E-state index in [0.717, 1.165) is 28.0 Å². The van der Waals surface area contributed by atoms with E-state index in [1.807, 2.05) is 53.2 Å². The van der Waals surface area contributed by atoms with Crippen LogP contribution >= 0.6 is 0 Å². The number of hydrogen-bond acceptors (Lipinski definition) is 6. The van der Waals surface area contributed by atoms with Crippen molar-refractivity contribution in [1.82, 2.24) is 24.1 Å². The van der Waals surface area contributed by atoms with Crippen molar-refractivity contribution in [3.05, 3.63) is 84.4 Å². The lowest BCUT2D eigenvalue weighted by atomic mass is 10.0. The Bertz CT molecular complexity index is 1460. The fourth-order valence-electron chi connectivity index (χ4n) is 3.60. The van der Waals surface area contributed by atoms with Gasteiger partial charge >= 0.3 is 0 Å². The third kappa shape index (κ3) is 3.47. The highest BCUT2D eigenvalue weighted by Gasteiger charge is 2.17. The Hall–Kier alpha value is -4.48. The molecule has 0 atom stereocenters. The monoisotopic (exact) mass is 421 g/mol. The van der Waals surface area contributed by atoms with Gasteiger partial charge in [-0.2, -0.15) is 10.4 Å². The van der Waals surface area contributed by atoms with Crippen molar-refractivity contribution >= 4 is 5.65 Å². The number of pyridine rings is 2. The van der Waals surface area contributed by atoms with Crippen molar-refractivity contribution in [2.24, 2.45) is 12.8 Å².